The molecule has 106 valence electrons. The topological polar surface area (TPSA) is 80.9 Å². The van der Waals surface area contributed by atoms with Gasteiger partial charge in [-0.15, -0.1) is 5.10 Å². The minimum Gasteiger partial charge on any atom is -0.476 e. The van der Waals surface area contributed by atoms with Crippen molar-refractivity contribution in [1.29, 1.82) is 0 Å². The van der Waals surface area contributed by atoms with Gasteiger partial charge in [0.15, 0.2) is 5.69 Å². The summed E-state index contributed by atoms with van der Waals surface area (Å²) < 4.78 is 2.48. The third-order valence-corrected chi connectivity index (χ3v) is 3.18. The normalized spacial score (nSPS) is 11.6. The zero-order valence-corrected chi connectivity index (χ0v) is 13.0. The first-order valence-electron chi connectivity index (χ1n) is 6.05. The van der Waals surface area contributed by atoms with Crippen molar-refractivity contribution >= 4 is 21.9 Å². The van der Waals surface area contributed by atoms with E-state index in [1.165, 1.54) is 0 Å². The Morgan fingerprint density at radius 1 is 1.40 bits per heavy atom. The van der Waals surface area contributed by atoms with Crippen molar-refractivity contribution in [1.82, 2.24) is 20.0 Å². The highest BCUT2D eigenvalue weighted by atomic mass is 79.9. The van der Waals surface area contributed by atoms with Crippen molar-refractivity contribution in [2.75, 3.05) is 0 Å². The van der Waals surface area contributed by atoms with Crippen molar-refractivity contribution in [3.63, 3.8) is 0 Å². The van der Waals surface area contributed by atoms with Crippen LogP contribution in [0.2, 0.25) is 0 Å². The molecular weight excluding hydrogens is 324 g/mol. The third-order valence-electron chi connectivity index (χ3n) is 2.74. The number of aromatic carboxylic acids is 1. The van der Waals surface area contributed by atoms with Crippen LogP contribution in [0.4, 0.5) is 0 Å². The largest absolute Gasteiger partial charge is 0.476 e. The molecule has 0 fully saturated rings. The molecule has 20 heavy (non-hydrogen) atoms. The predicted molar refractivity (Wildman–Crippen MR) is 76.7 cm³/mol. The predicted octanol–water partition coefficient (Wildman–Crippen LogP) is 2.48. The Morgan fingerprint density at radius 2 is 2.10 bits per heavy atom. The van der Waals surface area contributed by atoms with Crippen LogP contribution in [-0.2, 0) is 12.0 Å². The summed E-state index contributed by atoms with van der Waals surface area (Å²) in [6, 6.07) is 1.92. The molecule has 0 amide bonds. The average Bonchev–Trinajstić information content (AvgIpc) is 2.72. The van der Waals surface area contributed by atoms with Crippen molar-refractivity contribution in [3.8, 4) is 0 Å². The molecule has 0 atom stereocenters. The maximum absolute atomic E-state index is 11.3. The molecular formula is C13H15BrN4O2. The van der Waals surface area contributed by atoms with Gasteiger partial charge in [-0.1, -0.05) is 26.0 Å². The smallest absolute Gasteiger partial charge is 0.358 e. The van der Waals surface area contributed by atoms with Crippen LogP contribution in [0.1, 0.15) is 42.5 Å². The molecule has 0 aliphatic rings. The summed E-state index contributed by atoms with van der Waals surface area (Å²) in [5, 5.41) is 17.0. The molecule has 2 aromatic rings. The molecule has 0 unspecified atom stereocenters. The van der Waals surface area contributed by atoms with Crippen LogP contribution >= 0.6 is 15.9 Å². The highest BCUT2D eigenvalue weighted by Crippen LogP contribution is 2.25. The van der Waals surface area contributed by atoms with Gasteiger partial charge < -0.3 is 5.11 Å². The maximum atomic E-state index is 11.3. The molecule has 1 N–H and O–H groups in total. The molecule has 0 aliphatic carbocycles. The van der Waals surface area contributed by atoms with Gasteiger partial charge >= 0.3 is 5.97 Å². The van der Waals surface area contributed by atoms with Gasteiger partial charge in [-0.2, -0.15) is 0 Å². The Hall–Kier alpha value is -1.76. The number of aromatic nitrogens is 4. The minimum atomic E-state index is -1.06. The maximum Gasteiger partial charge on any atom is 0.358 e. The second-order valence-corrected chi connectivity index (χ2v) is 6.43. The second kappa shape index (κ2) is 5.32. The molecule has 0 saturated heterocycles. The van der Waals surface area contributed by atoms with E-state index < -0.39 is 5.97 Å². The van der Waals surface area contributed by atoms with Gasteiger partial charge in [0, 0.05) is 22.3 Å². The molecule has 6 nitrogen and oxygen atoms in total. The van der Waals surface area contributed by atoms with E-state index in [4.69, 9.17) is 0 Å². The Labute approximate surface area is 125 Å². The Balaban J connectivity index is 2.45. The van der Waals surface area contributed by atoms with E-state index in [0.29, 0.717) is 12.2 Å². The third kappa shape index (κ3) is 3.04. The van der Waals surface area contributed by atoms with Crippen molar-refractivity contribution in [3.05, 3.63) is 39.9 Å². The number of hydrogen-bond acceptors (Lipinski definition) is 4. The van der Waals surface area contributed by atoms with E-state index in [1.54, 1.807) is 17.1 Å². The number of rotatable bonds is 3. The number of hydrogen-bond donors (Lipinski definition) is 1. The first-order chi connectivity index (χ1) is 9.29. The quantitative estimate of drug-likeness (QED) is 0.929. The van der Waals surface area contributed by atoms with Gasteiger partial charge in [0.05, 0.1) is 12.2 Å². The van der Waals surface area contributed by atoms with Crippen molar-refractivity contribution in [2.24, 2.45) is 0 Å². The first kappa shape index (κ1) is 14.6. The summed E-state index contributed by atoms with van der Waals surface area (Å²) >= 11 is 3.36. The lowest BCUT2D eigenvalue weighted by Crippen LogP contribution is -2.22. The van der Waals surface area contributed by atoms with E-state index >= 15 is 0 Å². The highest BCUT2D eigenvalue weighted by Gasteiger charge is 2.28. The average molecular weight is 339 g/mol. The summed E-state index contributed by atoms with van der Waals surface area (Å²) in [6.07, 6.45) is 3.41. The summed E-state index contributed by atoms with van der Waals surface area (Å²) in [6.45, 7) is 6.24. The number of pyridine rings is 1. The molecule has 0 aromatic carbocycles. The molecule has 2 rings (SSSR count). The molecule has 0 bridgehead atoms. The van der Waals surface area contributed by atoms with E-state index in [-0.39, 0.29) is 11.1 Å². The Kier molecular flexibility index (Phi) is 3.89. The number of nitrogens with zero attached hydrogens (tertiary/aromatic N) is 4. The molecule has 0 saturated carbocycles. The van der Waals surface area contributed by atoms with Gasteiger partial charge in [0.2, 0.25) is 0 Å². The standard InChI is InChI=1S/C13H15BrN4O2/c1-13(2,3)11-10(12(19)20)16-17-18(11)7-8-4-9(14)6-15-5-8/h4-6H,7H2,1-3H3,(H,19,20). The monoisotopic (exact) mass is 338 g/mol. The number of carboxylic acids is 1. The van der Waals surface area contributed by atoms with Crippen LogP contribution in [0.5, 0.6) is 0 Å². The van der Waals surface area contributed by atoms with Gasteiger partial charge in [-0.05, 0) is 27.6 Å². The van der Waals surface area contributed by atoms with Crippen LogP contribution < -0.4 is 0 Å². The van der Waals surface area contributed by atoms with E-state index in [9.17, 15) is 9.90 Å². The second-order valence-electron chi connectivity index (χ2n) is 5.51. The molecule has 2 heterocycles. The highest BCUT2D eigenvalue weighted by molar-refractivity contribution is 9.10. The fraction of sp³-hybridized carbons (Fsp3) is 0.385. The van der Waals surface area contributed by atoms with Gasteiger partial charge in [0.1, 0.15) is 0 Å². The van der Waals surface area contributed by atoms with Crippen LogP contribution in [0, 0.1) is 0 Å². The van der Waals surface area contributed by atoms with Crippen LogP contribution in [0.3, 0.4) is 0 Å². The SMILES string of the molecule is CC(C)(C)c1c(C(=O)O)nnn1Cc1cncc(Br)c1. The number of carboxylic acid groups (broad SMARTS) is 1. The van der Waals surface area contributed by atoms with Gasteiger partial charge in [0.25, 0.3) is 0 Å². The summed E-state index contributed by atoms with van der Waals surface area (Å²) in [4.78, 5) is 15.3. The zero-order valence-electron chi connectivity index (χ0n) is 11.5. The lowest BCUT2D eigenvalue weighted by molar-refractivity contribution is 0.0687. The van der Waals surface area contributed by atoms with Crippen molar-refractivity contribution in [2.45, 2.75) is 32.7 Å². The molecule has 2 aromatic heterocycles. The molecule has 7 heteroatoms. The number of carbonyl (C=O) groups is 1. The van der Waals surface area contributed by atoms with E-state index in [2.05, 4.69) is 31.2 Å². The molecule has 0 spiro atoms. The number of halogens is 1. The molecule has 0 aliphatic heterocycles. The van der Waals surface area contributed by atoms with Gasteiger partial charge in [-0.25, -0.2) is 9.48 Å². The Bertz CT molecular complexity index is 646. The van der Waals surface area contributed by atoms with Crippen molar-refractivity contribution < 1.29 is 9.90 Å². The van der Waals surface area contributed by atoms with E-state index in [1.807, 2.05) is 26.8 Å². The zero-order chi connectivity index (χ0) is 14.9. The fourth-order valence-corrected chi connectivity index (χ4v) is 2.44. The summed E-state index contributed by atoms with van der Waals surface area (Å²) in [5.41, 5.74) is 1.16. The van der Waals surface area contributed by atoms with Crippen LogP contribution in [0.25, 0.3) is 0 Å². The fourth-order valence-electron chi connectivity index (χ4n) is 2.03. The lowest BCUT2D eigenvalue weighted by atomic mass is 9.90. The minimum absolute atomic E-state index is 0.000422. The molecule has 0 radical (unpaired) electrons. The van der Waals surface area contributed by atoms with Crippen LogP contribution in [-0.4, -0.2) is 31.1 Å². The summed E-state index contributed by atoms with van der Waals surface area (Å²) in [5.74, 6) is -1.06. The van der Waals surface area contributed by atoms with Gasteiger partial charge in [-0.3, -0.25) is 4.98 Å². The summed E-state index contributed by atoms with van der Waals surface area (Å²) in [7, 11) is 0. The van der Waals surface area contributed by atoms with Crippen LogP contribution in [0.15, 0.2) is 22.9 Å². The van der Waals surface area contributed by atoms with E-state index in [0.717, 1.165) is 10.0 Å². The Morgan fingerprint density at radius 3 is 2.65 bits per heavy atom. The lowest BCUT2D eigenvalue weighted by Gasteiger charge is -2.20. The first-order valence-corrected chi connectivity index (χ1v) is 6.85.